The van der Waals surface area contributed by atoms with E-state index in [0.29, 0.717) is 0 Å². The van der Waals surface area contributed by atoms with Crippen LogP contribution in [0.2, 0.25) is 0 Å². The van der Waals surface area contributed by atoms with Gasteiger partial charge in [-0.05, 0) is 97.5 Å². The fraction of sp³-hybridized carbons (Fsp3) is 0.387. The number of hydrogen-bond donors (Lipinski definition) is 0. The first-order valence-corrected chi connectivity index (χ1v) is 26.5. The molecule has 0 aliphatic carbocycles. The maximum absolute atomic E-state index is 5.48. The minimum Gasteiger partial charge on any atom is -0.340 e. The van der Waals surface area contributed by atoms with E-state index in [9.17, 15) is 0 Å². The van der Waals surface area contributed by atoms with Gasteiger partial charge in [0.05, 0.1) is 23.8 Å². The van der Waals surface area contributed by atoms with Crippen molar-refractivity contribution >= 4 is 67.4 Å². The Kier molecular flexibility index (Phi) is 18.0. The number of nitrogens with zero attached hydrogens (tertiary/aromatic N) is 6. The fourth-order valence-electron chi connectivity index (χ4n) is 10.2. The first kappa shape index (κ1) is 48.3. The molecule has 0 unspecified atom stereocenters. The summed E-state index contributed by atoms with van der Waals surface area (Å²) in [5.41, 5.74) is 9.47. The first-order chi connectivity index (χ1) is 33.7. The number of unbranched alkanes of at least 4 members (excludes halogenated alkanes) is 14. The standard InChI is InChI=1S/C62H76N6/c1-4-7-10-13-14-15-24-39-62(67(52-31-20-18-21-32-52)63-48-50-40-42-60-56(46-50)54-35-25-27-37-58(54)65(60)44-29-16-11-8-5-2)68(53-33-22-19-23-34-53)64-49-51-41-43-61-57(47-51)55-36-26-28-38-59(55)66(61)45-30-17-12-9-6-3/h18-23,25-28,31-38,40-43,46-49,62H,4-17,24,29-30,39,44-45H2,1-3H3/b63-48-,64-49-. The minimum atomic E-state index is -0.195. The van der Waals surface area contributed by atoms with Gasteiger partial charge in [-0.2, -0.15) is 10.2 Å². The molecular formula is C62H76N6. The molecule has 0 aliphatic heterocycles. The molecule has 0 bridgehead atoms. The van der Waals surface area contributed by atoms with Crippen molar-refractivity contribution in [3.63, 3.8) is 0 Å². The van der Waals surface area contributed by atoms with Gasteiger partial charge >= 0.3 is 0 Å². The molecule has 0 N–H and O–H groups in total. The molecule has 8 rings (SSSR count). The van der Waals surface area contributed by atoms with Gasteiger partial charge in [0.15, 0.2) is 0 Å². The molecule has 2 heterocycles. The number of aromatic nitrogens is 2. The monoisotopic (exact) mass is 905 g/mol. The molecule has 0 atom stereocenters. The van der Waals surface area contributed by atoms with Gasteiger partial charge in [0.1, 0.15) is 6.17 Å². The van der Waals surface area contributed by atoms with Crippen LogP contribution in [0.1, 0.15) is 147 Å². The second kappa shape index (κ2) is 25.3. The van der Waals surface area contributed by atoms with E-state index in [1.807, 2.05) is 0 Å². The summed E-state index contributed by atoms with van der Waals surface area (Å²) >= 11 is 0. The average Bonchev–Trinajstić information content (AvgIpc) is 3.87. The Morgan fingerprint density at radius 3 is 1.19 bits per heavy atom. The summed E-state index contributed by atoms with van der Waals surface area (Å²) in [4.78, 5) is 0. The summed E-state index contributed by atoms with van der Waals surface area (Å²) in [6.07, 6.45) is 26.2. The molecule has 0 aliphatic rings. The molecule has 68 heavy (non-hydrogen) atoms. The van der Waals surface area contributed by atoms with Crippen molar-refractivity contribution in [3.05, 3.63) is 157 Å². The number of benzene rings is 6. The van der Waals surface area contributed by atoms with Gasteiger partial charge in [-0.1, -0.05) is 196 Å². The molecule has 0 saturated carbocycles. The minimum absolute atomic E-state index is 0.195. The van der Waals surface area contributed by atoms with Crippen LogP contribution in [-0.4, -0.2) is 27.7 Å². The van der Waals surface area contributed by atoms with E-state index >= 15 is 0 Å². The normalized spacial score (nSPS) is 12.1. The van der Waals surface area contributed by atoms with Crippen molar-refractivity contribution in [2.24, 2.45) is 10.2 Å². The van der Waals surface area contributed by atoms with Crippen molar-refractivity contribution in [1.82, 2.24) is 9.13 Å². The molecule has 0 radical (unpaired) electrons. The van der Waals surface area contributed by atoms with Crippen LogP contribution >= 0.6 is 0 Å². The third kappa shape index (κ3) is 12.1. The lowest BCUT2D eigenvalue weighted by atomic mass is 10.1. The first-order valence-electron chi connectivity index (χ1n) is 26.5. The Labute approximate surface area is 407 Å². The Hall–Kier alpha value is -6.14. The molecule has 6 heteroatoms. The number of hydrogen-bond acceptors (Lipinski definition) is 4. The third-order valence-electron chi connectivity index (χ3n) is 13.9. The van der Waals surface area contributed by atoms with E-state index in [2.05, 4.69) is 198 Å². The van der Waals surface area contributed by atoms with E-state index in [1.165, 1.54) is 146 Å². The molecule has 6 aromatic carbocycles. The van der Waals surface area contributed by atoms with Crippen LogP contribution in [0, 0.1) is 0 Å². The van der Waals surface area contributed by atoms with Crippen molar-refractivity contribution in [2.75, 3.05) is 10.0 Å². The maximum atomic E-state index is 5.48. The highest BCUT2D eigenvalue weighted by Crippen LogP contribution is 2.33. The van der Waals surface area contributed by atoms with Crippen LogP contribution in [0.25, 0.3) is 43.6 Å². The largest absolute Gasteiger partial charge is 0.340 e. The zero-order chi connectivity index (χ0) is 46.8. The number of rotatable bonds is 28. The predicted octanol–water partition coefficient (Wildman–Crippen LogP) is 17.7. The third-order valence-corrected chi connectivity index (χ3v) is 13.9. The number of aryl methyl sites for hydroxylation is 2. The van der Waals surface area contributed by atoms with Crippen LogP contribution in [0.3, 0.4) is 0 Å². The Bertz CT molecular complexity index is 2630. The molecular weight excluding hydrogens is 829 g/mol. The zero-order valence-electron chi connectivity index (χ0n) is 41.4. The second-order valence-corrected chi connectivity index (χ2v) is 19.0. The van der Waals surface area contributed by atoms with Crippen LogP contribution in [-0.2, 0) is 13.1 Å². The van der Waals surface area contributed by atoms with E-state index in [1.54, 1.807) is 0 Å². The lowest BCUT2D eigenvalue weighted by Crippen LogP contribution is -2.44. The molecule has 0 fully saturated rings. The molecule has 0 spiro atoms. The second-order valence-electron chi connectivity index (χ2n) is 19.0. The number of anilines is 2. The van der Waals surface area contributed by atoms with Gasteiger partial charge in [0, 0.05) is 56.7 Å². The van der Waals surface area contributed by atoms with E-state index in [0.717, 1.165) is 48.4 Å². The summed E-state index contributed by atoms with van der Waals surface area (Å²) in [6.45, 7) is 8.94. The van der Waals surface area contributed by atoms with Gasteiger partial charge < -0.3 is 9.13 Å². The molecule has 2 aromatic heterocycles. The van der Waals surface area contributed by atoms with Crippen LogP contribution in [0.4, 0.5) is 11.4 Å². The highest BCUT2D eigenvalue weighted by molar-refractivity contribution is 6.10. The summed E-state index contributed by atoms with van der Waals surface area (Å²) in [5.74, 6) is 0. The van der Waals surface area contributed by atoms with Crippen LogP contribution in [0.15, 0.2) is 156 Å². The van der Waals surface area contributed by atoms with Gasteiger partial charge in [0.2, 0.25) is 0 Å². The number of fused-ring (bicyclic) bond motifs is 6. The van der Waals surface area contributed by atoms with Gasteiger partial charge in [0.25, 0.3) is 0 Å². The quantitative estimate of drug-likeness (QED) is 0.0213. The molecule has 0 amide bonds. The lowest BCUT2D eigenvalue weighted by Gasteiger charge is -2.36. The summed E-state index contributed by atoms with van der Waals surface area (Å²) in [5, 5.41) is 20.6. The number of para-hydroxylation sites is 4. The number of hydrazone groups is 2. The topological polar surface area (TPSA) is 41.1 Å². The Morgan fingerprint density at radius 2 is 0.750 bits per heavy atom. The summed E-state index contributed by atoms with van der Waals surface area (Å²) < 4.78 is 5.07. The summed E-state index contributed by atoms with van der Waals surface area (Å²) in [6, 6.07) is 53.1. The highest BCUT2D eigenvalue weighted by atomic mass is 15.6. The van der Waals surface area contributed by atoms with Gasteiger partial charge in [-0.3, -0.25) is 0 Å². The van der Waals surface area contributed by atoms with E-state index in [-0.39, 0.29) is 6.17 Å². The van der Waals surface area contributed by atoms with E-state index in [4.69, 9.17) is 10.2 Å². The van der Waals surface area contributed by atoms with E-state index < -0.39 is 0 Å². The van der Waals surface area contributed by atoms with Crippen molar-refractivity contribution in [2.45, 2.75) is 156 Å². The smallest absolute Gasteiger partial charge is 0.144 e. The SMILES string of the molecule is CCCCCCCCCC(N(/N=C\c1ccc2c(c1)c1ccccc1n2CCCCCCC)c1ccccc1)N(/N=C\c1ccc2c(c1)c1ccccc1n2CCCCCCC)c1ccccc1. The Morgan fingerprint density at radius 1 is 0.382 bits per heavy atom. The maximum Gasteiger partial charge on any atom is 0.144 e. The van der Waals surface area contributed by atoms with Crippen molar-refractivity contribution < 1.29 is 0 Å². The molecule has 6 nitrogen and oxygen atoms in total. The van der Waals surface area contributed by atoms with Crippen LogP contribution < -0.4 is 10.0 Å². The highest BCUT2D eigenvalue weighted by Gasteiger charge is 2.26. The summed E-state index contributed by atoms with van der Waals surface area (Å²) in [7, 11) is 0. The molecule has 0 saturated heterocycles. The van der Waals surface area contributed by atoms with Gasteiger partial charge in [-0.25, -0.2) is 10.0 Å². The van der Waals surface area contributed by atoms with Crippen molar-refractivity contribution in [1.29, 1.82) is 0 Å². The molecule has 354 valence electrons. The zero-order valence-corrected chi connectivity index (χ0v) is 41.4. The van der Waals surface area contributed by atoms with Gasteiger partial charge in [-0.15, -0.1) is 0 Å². The van der Waals surface area contributed by atoms with Crippen molar-refractivity contribution in [3.8, 4) is 0 Å². The average molecular weight is 905 g/mol. The Balaban J connectivity index is 1.15. The van der Waals surface area contributed by atoms with Crippen LogP contribution in [0.5, 0.6) is 0 Å². The fourth-order valence-corrected chi connectivity index (χ4v) is 10.2. The molecule has 8 aromatic rings. The predicted molar refractivity (Wildman–Crippen MR) is 296 cm³/mol. The lowest BCUT2D eigenvalue weighted by molar-refractivity contribution is 0.491.